The molecule has 0 bridgehead atoms. The highest BCUT2D eigenvalue weighted by Crippen LogP contribution is 2.22. The van der Waals surface area contributed by atoms with Crippen molar-refractivity contribution < 1.29 is 9.90 Å². The van der Waals surface area contributed by atoms with Gasteiger partial charge >= 0.3 is 5.97 Å². The van der Waals surface area contributed by atoms with Gasteiger partial charge < -0.3 is 10.4 Å². The summed E-state index contributed by atoms with van der Waals surface area (Å²) in [5.41, 5.74) is 1.15. The third-order valence-corrected chi connectivity index (χ3v) is 2.95. The second kappa shape index (κ2) is 5.71. The number of rotatable bonds is 4. The van der Waals surface area contributed by atoms with Crippen LogP contribution in [0.3, 0.4) is 0 Å². The first-order valence-electron chi connectivity index (χ1n) is 5.79. The average Bonchev–Trinajstić information content (AvgIpc) is 2.39. The topological polar surface area (TPSA) is 62.2 Å². The third-order valence-electron chi connectivity index (χ3n) is 2.74. The van der Waals surface area contributed by atoms with E-state index in [4.69, 9.17) is 16.7 Å². The van der Waals surface area contributed by atoms with Crippen molar-refractivity contribution in [3.63, 3.8) is 0 Å². The molecule has 0 aliphatic carbocycles. The molecule has 0 spiro atoms. The molecule has 1 atom stereocenters. The summed E-state index contributed by atoms with van der Waals surface area (Å²) in [6.07, 6.45) is 0. The highest BCUT2D eigenvalue weighted by atomic mass is 35.5. The minimum atomic E-state index is -1.04. The van der Waals surface area contributed by atoms with Crippen molar-refractivity contribution in [1.82, 2.24) is 4.98 Å². The lowest BCUT2D eigenvalue weighted by atomic mass is 10.1. The van der Waals surface area contributed by atoms with Crippen molar-refractivity contribution in [3.8, 4) is 0 Å². The number of aromatic carboxylic acids is 1. The molecular formula is C14H13ClN2O2. The van der Waals surface area contributed by atoms with Crippen LogP contribution < -0.4 is 5.32 Å². The van der Waals surface area contributed by atoms with E-state index >= 15 is 0 Å². The third kappa shape index (κ3) is 3.23. The van der Waals surface area contributed by atoms with Crippen LogP contribution in [0.1, 0.15) is 28.9 Å². The van der Waals surface area contributed by atoms with Crippen molar-refractivity contribution >= 4 is 23.4 Å². The predicted molar refractivity (Wildman–Crippen MR) is 74.7 cm³/mol. The van der Waals surface area contributed by atoms with Crippen LogP contribution in [0.4, 0.5) is 5.82 Å². The zero-order valence-electron chi connectivity index (χ0n) is 10.3. The molecule has 19 heavy (non-hydrogen) atoms. The van der Waals surface area contributed by atoms with Gasteiger partial charge in [-0.25, -0.2) is 9.78 Å². The normalized spacial score (nSPS) is 11.9. The summed E-state index contributed by atoms with van der Waals surface area (Å²) in [6, 6.07) is 12.5. The lowest BCUT2D eigenvalue weighted by Gasteiger charge is -2.16. The number of carboxylic acid groups (broad SMARTS) is 1. The van der Waals surface area contributed by atoms with E-state index in [2.05, 4.69) is 10.3 Å². The van der Waals surface area contributed by atoms with Crippen LogP contribution in [0.2, 0.25) is 5.15 Å². The zero-order valence-corrected chi connectivity index (χ0v) is 11.1. The Kier molecular flexibility index (Phi) is 4.02. The summed E-state index contributed by atoms with van der Waals surface area (Å²) in [5.74, 6) is -0.761. The summed E-state index contributed by atoms with van der Waals surface area (Å²) < 4.78 is 0. The van der Waals surface area contributed by atoms with Gasteiger partial charge in [0, 0.05) is 6.04 Å². The fourth-order valence-electron chi connectivity index (χ4n) is 1.75. The molecule has 1 heterocycles. The summed E-state index contributed by atoms with van der Waals surface area (Å²) in [4.78, 5) is 15.2. The van der Waals surface area contributed by atoms with Crippen LogP contribution in [-0.4, -0.2) is 16.1 Å². The number of hydrogen-bond donors (Lipinski definition) is 2. The Morgan fingerprint density at radius 2 is 1.95 bits per heavy atom. The maximum atomic E-state index is 11.1. The van der Waals surface area contributed by atoms with Crippen molar-refractivity contribution in [3.05, 3.63) is 58.7 Å². The molecule has 0 aliphatic rings. The van der Waals surface area contributed by atoms with Gasteiger partial charge in [-0.15, -0.1) is 0 Å². The molecule has 5 heteroatoms. The molecule has 0 aliphatic heterocycles. The Labute approximate surface area is 116 Å². The second-order valence-corrected chi connectivity index (χ2v) is 4.50. The molecule has 1 unspecified atom stereocenters. The summed E-state index contributed by atoms with van der Waals surface area (Å²) in [6.45, 7) is 1.93. The standard InChI is InChI=1S/C14H13ClN2O2/c1-9(10-5-3-2-4-6-10)16-13-11(14(18)19)7-8-12(15)17-13/h2-9H,1H3,(H,16,17)(H,18,19). The minimum absolute atomic E-state index is 0.0646. The van der Waals surface area contributed by atoms with Gasteiger partial charge in [-0.1, -0.05) is 41.9 Å². The van der Waals surface area contributed by atoms with E-state index in [0.717, 1.165) is 5.56 Å². The molecule has 0 amide bonds. The van der Waals surface area contributed by atoms with E-state index in [0.29, 0.717) is 0 Å². The number of pyridine rings is 1. The molecular weight excluding hydrogens is 264 g/mol. The number of halogens is 1. The molecule has 0 fully saturated rings. The van der Waals surface area contributed by atoms with Gasteiger partial charge in [-0.2, -0.15) is 0 Å². The molecule has 2 N–H and O–H groups in total. The van der Waals surface area contributed by atoms with Gasteiger partial charge in [0.1, 0.15) is 16.5 Å². The predicted octanol–water partition coefficient (Wildman–Crippen LogP) is 3.61. The summed E-state index contributed by atoms with van der Waals surface area (Å²) >= 11 is 5.81. The highest BCUT2D eigenvalue weighted by molar-refractivity contribution is 6.29. The van der Waals surface area contributed by atoms with Gasteiger partial charge in [-0.3, -0.25) is 0 Å². The molecule has 4 nitrogen and oxygen atoms in total. The van der Waals surface area contributed by atoms with Crippen LogP contribution in [-0.2, 0) is 0 Å². The Morgan fingerprint density at radius 1 is 1.26 bits per heavy atom. The van der Waals surface area contributed by atoms with Gasteiger partial charge in [0.15, 0.2) is 0 Å². The fourth-order valence-corrected chi connectivity index (χ4v) is 1.90. The minimum Gasteiger partial charge on any atom is -0.478 e. The molecule has 1 aromatic heterocycles. The Balaban J connectivity index is 2.28. The number of carboxylic acids is 1. The first-order valence-corrected chi connectivity index (χ1v) is 6.17. The Bertz CT molecular complexity index is 587. The first kappa shape index (κ1) is 13.4. The van der Waals surface area contributed by atoms with Crippen LogP contribution in [0.15, 0.2) is 42.5 Å². The van der Waals surface area contributed by atoms with Crippen molar-refractivity contribution in [2.75, 3.05) is 5.32 Å². The average molecular weight is 277 g/mol. The number of anilines is 1. The number of nitrogens with one attached hydrogen (secondary N) is 1. The van der Waals surface area contributed by atoms with Gasteiger partial charge in [0.2, 0.25) is 0 Å². The molecule has 2 aromatic rings. The fraction of sp³-hybridized carbons (Fsp3) is 0.143. The van der Waals surface area contributed by atoms with Gasteiger partial charge in [-0.05, 0) is 24.6 Å². The van der Waals surface area contributed by atoms with Crippen LogP contribution in [0.25, 0.3) is 0 Å². The number of hydrogen-bond acceptors (Lipinski definition) is 3. The van der Waals surface area contributed by atoms with Crippen LogP contribution in [0.5, 0.6) is 0 Å². The van der Waals surface area contributed by atoms with Crippen molar-refractivity contribution in [2.45, 2.75) is 13.0 Å². The summed E-state index contributed by atoms with van der Waals surface area (Å²) in [5, 5.41) is 12.4. The van der Waals surface area contributed by atoms with E-state index < -0.39 is 5.97 Å². The zero-order chi connectivity index (χ0) is 13.8. The van der Waals surface area contributed by atoms with Gasteiger partial charge in [0.05, 0.1) is 0 Å². The van der Waals surface area contributed by atoms with Gasteiger partial charge in [0.25, 0.3) is 0 Å². The van der Waals surface area contributed by atoms with E-state index in [-0.39, 0.29) is 22.6 Å². The molecule has 1 aromatic carbocycles. The first-order chi connectivity index (χ1) is 9.08. The number of nitrogens with zero attached hydrogens (tertiary/aromatic N) is 1. The Morgan fingerprint density at radius 3 is 2.58 bits per heavy atom. The SMILES string of the molecule is CC(Nc1nc(Cl)ccc1C(=O)O)c1ccccc1. The quantitative estimate of drug-likeness (QED) is 0.838. The van der Waals surface area contributed by atoms with E-state index in [9.17, 15) is 4.79 Å². The van der Waals surface area contributed by atoms with Crippen LogP contribution in [0, 0.1) is 0 Å². The lowest BCUT2D eigenvalue weighted by Crippen LogP contribution is -2.12. The highest BCUT2D eigenvalue weighted by Gasteiger charge is 2.14. The monoisotopic (exact) mass is 276 g/mol. The lowest BCUT2D eigenvalue weighted by molar-refractivity contribution is 0.0697. The van der Waals surface area contributed by atoms with Crippen molar-refractivity contribution in [2.24, 2.45) is 0 Å². The second-order valence-electron chi connectivity index (χ2n) is 4.11. The van der Waals surface area contributed by atoms with Crippen molar-refractivity contribution in [1.29, 1.82) is 0 Å². The molecule has 0 saturated heterocycles. The molecule has 0 radical (unpaired) electrons. The summed E-state index contributed by atoms with van der Waals surface area (Å²) in [7, 11) is 0. The number of carbonyl (C=O) groups is 1. The largest absolute Gasteiger partial charge is 0.478 e. The maximum absolute atomic E-state index is 11.1. The van der Waals surface area contributed by atoms with Crippen LogP contribution >= 0.6 is 11.6 Å². The number of aromatic nitrogens is 1. The van der Waals surface area contributed by atoms with E-state index in [1.807, 2.05) is 37.3 Å². The van der Waals surface area contributed by atoms with E-state index in [1.165, 1.54) is 12.1 Å². The Hall–Kier alpha value is -2.07. The molecule has 2 rings (SSSR count). The van der Waals surface area contributed by atoms with E-state index in [1.54, 1.807) is 0 Å². The molecule has 0 saturated carbocycles. The number of benzene rings is 1. The maximum Gasteiger partial charge on any atom is 0.339 e. The molecule has 98 valence electrons. The smallest absolute Gasteiger partial charge is 0.339 e.